The van der Waals surface area contributed by atoms with Gasteiger partial charge in [0.2, 0.25) is 6.79 Å². The van der Waals surface area contributed by atoms with Crippen molar-refractivity contribution in [2.24, 2.45) is 0 Å². The first-order chi connectivity index (χ1) is 8.63. The maximum Gasteiger partial charge on any atom is 0.231 e. The van der Waals surface area contributed by atoms with Crippen molar-refractivity contribution in [2.45, 2.75) is 19.9 Å². The molecule has 0 fully saturated rings. The zero-order valence-electron chi connectivity index (χ0n) is 11.6. The van der Waals surface area contributed by atoms with Crippen molar-refractivity contribution in [3.05, 3.63) is 23.3 Å². The van der Waals surface area contributed by atoms with Gasteiger partial charge in [-0.25, -0.2) is 0 Å². The molecule has 0 bridgehead atoms. The Bertz CT molecular complexity index is 419. The van der Waals surface area contributed by atoms with E-state index < -0.39 is 0 Å². The van der Waals surface area contributed by atoms with E-state index in [1.54, 1.807) is 0 Å². The minimum atomic E-state index is 0.331. The maximum atomic E-state index is 5.47. The normalized spacial score (nSPS) is 15.2. The molecule has 1 heterocycles. The first kappa shape index (κ1) is 13.2. The van der Waals surface area contributed by atoms with Crippen molar-refractivity contribution in [2.75, 3.05) is 34.0 Å². The maximum absolute atomic E-state index is 5.47. The van der Waals surface area contributed by atoms with Crippen LogP contribution in [0.5, 0.6) is 11.5 Å². The smallest absolute Gasteiger partial charge is 0.231 e. The average Bonchev–Trinajstić information content (AvgIpc) is 2.76. The van der Waals surface area contributed by atoms with E-state index in [2.05, 4.69) is 50.3 Å². The third kappa shape index (κ3) is 2.60. The highest BCUT2D eigenvalue weighted by Gasteiger charge is 2.21. The molecule has 0 radical (unpaired) electrons. The predicted octanol–water partition coefficient (Wildman–Crippen LogP) is 1.94. The second-order valence-corrected chi connectivity index (χ2v) is 4.85. The van der Waals surface area contributed by atoms with Crippen LogP contribution in [0.4, 0.5) is 0 Å². The first-order valence-electron chi connectivity index (χ1n) is 6.40. The minimum absolute atomic E-state index is 0.331. The van der Waals surface area contributed by atoms with Crippen molar-refractivity contribution in [3.63, 3.8) is 0 Å². The molecule has 1 aliphatic rings. The minimum Gasteiger partial charge on any atom is -0.454 e. The Kier molecular flexibility index (Phi) is 4.09. The fourth-order valence-corrected chi connectivity index (χ4v) is 2.27. The van der Waals surface area contributed by atoms with Gasteiger partial charge in [0, 0.05) is 12.6 Å². The van der Waals surface area contributed by atoms with Gasteiger partial charge in [-0.05, 0) is 50.8 Å². The standard InChI is InChI=1S/C14H22N2O2/c1-5-15-8-12(16(3)4)11-7-14-13(6-10(11)2)17-9-18-14/h6-7,12,15H,5,8-9H2,1-4H3. The van der Waals surface area contributed by atoms with Gasteiger partial charge in [-0.1, -0.05) is 6.92 Å². The van der Waals surface area contributed by atoms with Gasteiger partial charge in [0.25, 0.3) is 0 Å². The highest BCUT2D eigenvalue weighted by atomic mass is 16.7. The van der Waals surface area contributed by atoms with Gasteiger partial charge in [-0.3, -0.25) is 0 Å². The lowest BCUT2D eigenvalue weighted by molar-refractivity contribution is 0.174. The number of ether oxygens (including phenoxy) is 2. The summed E-state index contributed by atoms with van der Waals surface area (Å²) < 4.78 is 10.9. The summed E-state index contributed by atoms with van der Waals surface area (Å²) in [5, 5.41) is 3.41. The number of rotatable bonds is 5. The molecule has 1 unspecified atom stereocenters. The molecule has 0 saturated heterocycles. The Morgan fingerprint density at radius 3 is 2.56 bits per heavy atom. The summed E-state index contributed by atoms with van der Waals surface area (Å²) in [6.45, 7) is 6.49. The summed E-state index contributed by atoms with van der Waals surface area (Å²) in [7, 11) is 4.21. The SMILES string of the molecule is CCNCC(c1cc2c(cc1C)OCO2)N(C)C. The van der Waals surface area contributed by atoms with Crippen LogP contribution in [-0.4, -0.2) is 38.9 Å². The molecule has 18 heavy (non-hydrogen) atoms. The number of benzene rings is 1. The van der Waals surface area contributed by atoms with Crippen molar-refractivity contribution < 1.29 is 9.47 Å². The molecule has 1 aliphatic heterocycles. The molecule has 0 amide bonds. The summed E-state index contributed by atoms with van der Waals surface area (Å²) in [5.74, 6) is 1.72. The Morgan fingerprint density at radius 1 is 1.28 bits per heavy atom. The number of hydrogen-bond acceptors (Lipinski definition) is 4. The summed E-state index contributed by atoms with van der Waals surface area (Å²) in [4.78, 5) is 2.23. The fourth-order valence-electron chi connectivity index (χ4n) is 2.27. The van der Waals surface area contributed by atoms with E-state index in [4.69, 9.17) is 9.47 Å². The zero-order valence-corrected chi connectivity index (χ0v) is 11.6. The molecule has 0 spiro atoms. The zero-order chi connectivity index (χ0) is 13.1. The van der Waals surface area contributed by atoms with Crippen LogP contribution < -0.4 is 14.8 Å². The Balaban J connectivity index is 2.29. The molecule has 1 N–H and O–H groups in total. The van der Waals surface area contributed by atoms with Crippen LogP contribution in [0.3, 0.4) is 0 Å². The molecular weight excluding hydrogens is 228 g/mol. The summed E-state index contributed by atoms with van der Waals surface area (Å²) >= 11 is 0. The van der Waals surface area contributed by atoms with Crippen LogP contribution in [0.15, 0.2) is 12.1 Å². The van der Waals surface area contributed by atoms with Crippen LogP contribution in [0, 0.1) is 6.92 Å². The highest BCUT2D eigenvalue weighted by Crippen LogP contribution is 2.37. The summed E-state index contributed by atoms with van der Waals surface area (Å²) in [5.41, 5.74) is 2.54. The van der Waals surface area contributed by atoms with E-state index in [0.29, 0.717) is 12.8 Å². The van der Waals surface area contributed by atoms with Crippen LogP contribution in [0.2, 0.25) is 0 Å². The lowest BCUT2D eigenvalue weighted by Gasteiger charge is -2.26. The molecule has 2 rings (SSSR count). The summed E-state index contributed by atoms with van der Waals surface area (Å²) in [6, 6.07) is 4.53. The van der Waals surface area contributed by atoms with E-state index in [-0.39, 0.29) is 0 Å². The second kappa shape index (κ2) is 5.59. The van der Waals surface area contributed by atoms with E-state index in [0.717, 1.165) is 24.6 Å². The van der Waals surface area contributed by atoms with Crippen molar-refractivity contribution >= 4 is 0 Å². The lowest BCUT2D eigenvalue weighted by Crippen LogP contribution is -2.31. The topological polar surface area (TPSA) is 33.7 Å². The van der Waals surface area contributed by atoms with Gasteiger partial charge in [0.15, 0.2) is 11.5 Å². The molecule has 100 valence electrons. The van der Waals surface area contributed by atoms with Gasteiger partial charge in [0.1, 0.15) is 0 Å². The molecule has 0 saturated carbocycles. The second-order valence-electron chi connectivity index (χ2n) is 4.85. The molecule has 1 aromatic carbocycles. The first-order valence-corrected chi connectivity index (χ1v) is 6.40. The molecule has 1 atom stereocenters. The van der Waals surface area contributed by atoms with Crippen LogP contribution in [0.25, 0.3) is 0 Å². The Morgan fingerprint density at radius 2 is 1.94 bits per heavy atom. The van der Waals surface area contributed by atoms with Crippen molar-refractivity contribution in [1.29, 1.82) is 0 Å². The van der Waals surface area contributed by atoms with Gasteiger partial charge >= 0.3 is 0 Å². The van der Waals surface area contributed by atoms with E-state index >= 15 is 0 Å². The van der Waals surface area contributed by atoms with E-state index in [1.165, 1.54) is 11.1 Å². The van der Waals surface area contributed by atoms with Crippen LogP contribution in [-0.2, 0) is 0 Å². The van der Waals surface area contributed by atoms with Gasteiger partial charge in [-0.2, -0.15) is 0 Å². The van der Waals surface area contributed by atoms with Crippen molar-refractivity contribution in [3.8, 4) is 11.5 Å². The van der Waals surface area contributed by atoms with E-state index in [1.807, 2.05) is 0 Å². The average molecular weight is 250 g/mol. The lowest BCUT2D eigenvalue weighted by atomic mass is 9.99. The number of likely N-dealkylation sites (N-methyl/N-ethyl adjacent to an activating group) is 2. The monoisotopic (exact) mass is 250 g/mol. The molecule has 4 heteroatoms. The Labute approximate surface area is 109 Å². The van der Waals surface area contributed by atoms with E-state index in [9.17, 15) is 0 Å². The molecule has 0 aliphatic carbocycles. The molecule has 4 nitrogen and oxygen atoms in total. The predicted molar refractivity (Wildman–Crippen MR) is 72.3 cm³/mol. The number of nitrogens with one attached hydrogen (secondary N) is 1. The van der Waals surface area contributed by atoms with Gasteiger partial charge in [-0.15, -0.1) is 0 Å². The largest absolute Gasteiger partial charge is 0.454 e. The van der Waals surface area contributed by atoms with Crippen LogP contribution in [0.1, 0.15) is 24.1 Å². The van der Waals surface area contributed by atoms with Crippen molar-refractivity contribution in [1.82, 2.24) is 10.2 Å². The number of aryl methyl sites for hydroxylation is 1. The molecule has 0 aromatic heterocycles. The number of nitrogens with zero attached hydrogens (tertiary/aromatic N) is 1. The molecular formula is C14H22N2O2. The quantitative estimate of drug-likeness (QED) is 0.866. The fraction of sp³-hybridized carbons (Fsp3) is 0.571. The number of hydrogen-bond donors (Lipinski definition) is 1. The van der Waals surface area contributed by atoms with Gasteiger partial charge < -0.3 is 19.7 Å². The number of fused-ring (bicyclic) bond motifs is 1. The third-order valence-corrected chi connectivity index (χ3v) is 3.33. The third-order valence-electron chi connectivity index (χ3n) is 3.33. The highest BCUT2D eigenvalue weighted by molar-refractivity contribution is 5.49. The Hall–Kier alpha value is -1.26. The van der Waals surface area contributed by atoms with Crippen LogP contribution >= 0.6 is 0 Å². The van der Waals surface area contributed by atoms with Gasteiger partial charge in [0.05, 0.1) is 0 Å². The molecule has 1 aromatic rings. The summed E-state index contributed by atoms with van der Waals surface area (Å²) in [6.07, 6.45) is 0.